The molecule has 2 aromatic rings. The van der Waals surface area contributed by atoms with Crippen LogP contribution in [0.15, 0.2) is 54.6 Å². The highest BCUT2D eigenvalue weighted by molar-refractivity contribution is 5.91. The maximum Gasteiger partial charge on any atom is 0.226 e. The Kier molecular flexibility index (Phi) is 8.11. The molecule has 134 valence electrons. The third kappa shape index (κ3) is 6.57. The van der Waals surface area contributed by atoms with Crippen LogP contribution in [0, 0.1) is 0 Å². The van der Waals surface area contributed by atoms with Crippen molar-refractivity contribution in [3.63, 3.8) is 0 Å². The molecular weight excluding hydrogens is 338 g/mol. The van der Waals surface area contributed by atoms with E-state index in [0.29, 0.717) is 12.1 Å². The first-order valence-electron chi connectivity index (χ1n) is 7.85. The van der Waals surface area contributed by atoms with Gasteiger partial charge in [0.1, 0.15) is 0 Å². The Morgan fingerprint density at radius 1 is 1.04 bits per heavy atom. The number of carbonyl (C=O) groups excluding carboxylic acids is 2. The largest absolute Gasteiger partial charge is 0.349 e. The van der Waals surface area contributed by atoms with E-state index in [1.54, 1.807) is 31.1 Å². The fraction of sp³-hybridized carbons (Fsp3) is 0.263. The molecule has 25 heavy (non-hydrogen) atoms. The Balaban J connectivity index is 0.00000312. The standard InChI is InChI=1S/C19H23N3O2.ClH/c1-22(2)19(24)12-14-8-10-16(11-9-14)21-18(23)13-17(20)15-6-4-3-5-7-15;/h3-11,17H,12-13,20H2,1-2H3,(H,21,23);1H. The van der Waals surface area contributed by atoms with Crippen LogP contribution in [0.5, 0.6) is 0 Å². The molecule has 3 N–H and O–H groups in total. The Morgan fingerprint density at radius 2 is 1.64 bits per heavy atom. The average molecular weight is 362 g/mol. The Labute approximate surface area is 154 Å². The van der Waals surface area contributed by atoms with E-state index < -0.39 is 0 Å². The average Bonchev–Trinajstić information content (AvgIpc) is 2.57. The number of nitrogens with one attached hydrogen (secondary N) is 1. The van der Waals surface area contributed by atoms with Gasteiger partial charge in [0.2, 0.25) is 11.8 Å². The van der Waals surface area contributed by atoms with Crippen LogP contribution >= 0.6 is 12.4 Å². The Hall–Kier alpha value is -2.37. The maximum absolute atomic E-state index is 12.1. The zero-order valence-corrected chi connectivity index (χ0v) is 15.3. The summed E-state index contributed by atoms with van der Waals surface area (Å²) in [5, 5.41) is 2.83. The van der Waals surface area contributed by atoms with Crippen molar-refractivity contribution in [1.82, 2.24) is 4.90 Å². The van der Waals surface area contributed by atoms with Gasteiger partial charge < -0.3 is 16.0 Å². The smallest absolute Gasteiger partial charge is 0.226 e. The lowest BCUT2D eigenvalue weighted by Gasteiger charge is -2.13. The minimum absolute atomic E-state index is 0. The first kappa shape index (κ1) is 20.7. The molecule has 0 aliphatic carbocycles. The summed E-state index contributed by atoms with van der Waals surface area (Å²) >= 11 is 0. The molecule has 2 rings (SSSR count). The van der Waals surface area contributed by atoms with Crippen LogP contribution in [0.4, 0.5) is 5.69 Å². The molecule has 0 heterocycles. The lowest BCUT2D eigenvalue weighted by molar-refractivity contribution is -0.128. The number of carbonyl (C=O) groups is 2. The normalized spacial score (nSPS) is 11.2. The molecule has 0 bridgehead atoms. The molecule has 1 atom stereocenters. The van der Waals surface area contributed by atoms with Crippen molar-refractivity contribution < 1.29 is 9.59 Å². The van der Waals surface area contributed by atoms with E-state index in [0.717, 1.165) is 11.1 Å². The van der Waals surface area contributed by atoms with Gasteiger partial charge in [0.25, 0.3) is 0 Å². The van der Waals surface area contributed by atoms with Crippen LogP contribution in [-0.2, 0) is 16.0 Å². The summed E-state index contributed by atoms with van der Waals surface area (Å²) in [5.41, 5.74) is 8.59. The number of hydrogen-bond donors (Lipinski definition) is 2. The van der Waals surface area contributed by atoms with E-state index in [-0.39, 0.29) is 36.7 Å². The van der Waals surface area contributed by atoms with Gasteiger partial charge in [0, 0.05) is 32.2 Å². The Morgan fingerprint density at radius 3 is 2.20 bits per heavy atom. The van der Waals surface area contributed by atoms with E-state index in [1.807, 2.05) is 42.5 Å². The number of nitrogens with two attached hydrogens (primary N) is 1. The molecule has 2 aromatic carbocycles. The first-order chi connectivity index (χ1) is 11.5. The number of rotatable bonds is 6. The fourth-order valence-electron chi connectivity index (χ4n) is 2.27. The van der Waals surface area contributed by atoms with Gasteiger partial charge in [-0.05, 0) is 23.3 Å². The third-order valence-corrected chi connectivity index (χ3v) is 3.72. The van der Waals surface area contributed by atoms with Crippen molar-refractivity contribution in [3.05, 3.63) is 65.7 Å². The lowest BCUT2D eigenvalue weighted by atomic mass is 10.0. The van der Waals surface area contributed by atoms with E-state index in [1.165, 1.54) is 0 Å². The van der Waals surface area contributed by atoms with E-state index >= 15 is 0 Å². The Bertz CT molecular complexity index is 688. The van der Waals surface area contributed by atoms with E-state index in [9.17, 15) is 9.59 Å². The van der Waals surface area contributed by atoms with Gasteiger partial charge in [-0.2, -0.15) is 0 Å². The van der Waals surface area contributed by atoms with Crippen molar-refractivity contribution >= 4 is 29.9 Å². The summed E-state index contributed by atoms with van der Waals surface area (Å²) in [5.74, 6) is -0.0934. The number of amides is 2. The lowest BCUT2D eigenvalue weighted by Crippen LogP contribution is -2.23. The number of hydrogen-bond acceptors (Lipinski definition) is 3. The predicted molar refractivity (Wildman–Crippen MR) is 103 cm³/mol. The summed E-state index contributed by atoms with van der Waals surface area (Å²) in [6, 6.07) is 16.5. The van der Waals surface area contributed by atoms with Crippen LogP contribution in [0.1, 0.15) is 23.6 Å². The zero-order chi connectivity index (χ0) is 17.5. The van der Waals surface area contributed by atoms with Crippen LogP contribution < -0.4 is 11.1 Å². The monoisotopic (exact) mass is 361 g/mol. The highest BCUT2D eigenvalue weighted by Gasteiger charge is 2.12. The van der Waals surface area contributed by atoms with Gasteiger partial charge in [-0.1, -0.05) is 42.5 Å². The molecule has 5 nitrogen and oxygen atoms in total. The first-order valence-corrected chi connectivity index (χ1v) is 7.85. The number of nitrogens with zero attached hydrogens (tertiary/aromatic N) is 1. The third-order valence-electron chi connectivity index (χ3n) is 3.72. The van der Waals surface area contributed by atoms with Crippen LogP contribution in [0.3, 0.4) is 0 Å². The van der Waals surface area contributed by atoms with Gasteiger partial charge >= 0.3 is 0 Å². The number of halogens is 1. The second-order valence-electron chi connectivity index (χ2n) is 5.93. The van der Waals surface area contributed by atoms with Crippen LogP contribution in [0.2, 0.25) is 0 Å². The molecule has 0 aliphatic rings. The van der Waals surface area contributed by atoms with Gasteiger partial charge in [0.15, 0.2) is 0 Å². The molecule has 0 saturated carbocycles. The van der Waals surface area contributed by atoms with Gasteiger partial charge in [-0.15, -0.1) is 12.4 Å². The molecular formula is C19H24ClN3O2. The molecule has 0 saturated heterocycles. The molecule has 0 aromatic heterocycles. The SMILES string of the molecule is CN(C)C(=O)Cc1ccc(NC(=O)CC(N)c2ccccc2)cc1.Cl. The predicted octanol–water partition coefficient (Wildman–Crippen LogP) is 2.77. The second-order valence-corrected chi connectivity index (χ2v) is 5.93. The van der Waals surface area contributed by atoms with Gasteiger partial charge in [0.05, 0.1) is 6.42 Å². The zero-order valence-electron chi connectivity index (χ0n) is 14.4. The van der Waals surface area contributed by atoms with Crippen LogP contribution in [0.25, 0.3) is 0 Å². The highest BCUT2D eigenvalue weighted by atomic mass is 35.5. The topological polar surface area (TPSA) is 75.4 Å². The van der Waals surface area contributed by atoms with Gasteiger partial charge in [-0.25, -0.2) is 0 Å². The molecule has 1 unspecified atom stereocenters. The minimum atomic E-state index is -0.330. The summed E-state index contributed by atoms with van der Waals surface area (Å²) in [4.78, 5) is 25.3. The summed E-state index contributed by atoms with van der Waals surface area (Å²) in [7, 11) is 3.46. The number of likely N-dealkylation sites (N-methyl/N-ethyl adjacent to an activating group) is 1. The van der Waals surface area contributed by atoms with E-state index in [2.05, 4.69) is 5.32 Å². The molecule has 0 aliphatic heterocycles. The maximum atomic E-state index is 12.1. The minimum Gasteiger partial charge on any atom is -0.349 e. The number of benzene rings is 2. The molecule has 0 radical (unpaired) electrons. The molecule has 0 fully saturated rings. The fourth-order valence-corrected chi connectivity index (χ4v) is 2.27. The van der Waals surface area contributed by atoms with Crippen molar-refractivity contribution in [1.29, 1.82) is 0 Å². The molecule has 2 amide bonds. The molecule has 0 spiro atoms. The summed E-state index contributed by atoms with van der Waals surface area (Å²) in [6.45, 7) is 0. The number of anilines is 1. The van der Waals surface area contributed by atoms with Crippen molar-refractivity contribution in [2.24, 2.45) is 5.73 Å². The van der Waals surface area contributed by atoms with Crippen LogP contribution in [-0.4, -0.2) is 30.8 Å². The van der Waals surface area contributed by atoms with Crippen molar-refractivity contribution in [2.75, 3.05) is 19.4 Å². The summed E-state index contributed by atoms with van der Waals surface area (Å²) in [6.07, 6.45) is 0.561. The molecule has 6 heteroatoms. The van der Waals surface area contributed by atoms with E-state index in [4.69, 9.17) is 5.73 Å². The van der Waals surface area contributed by atoms with Crippen molar-refractivity contribution in [3.8, 4) is 0 Å². The second kappa shape index (κ2) is 9.81. The quantitative estimate of drug-likeness (QED) is 0.830. The van der Waals surface area contributed by atoms with Crippen molar-refractivity contribution in [2.45, 2.75) is 18.9 Å². The summed E-state index contributed by atoms with van der Waals surface area (Å²) < 4.78 is 0. The van der Waals surface area contributed by atoms with Gasteiger partial charge in [-0.3, -0.25) is 9.59 Å². The highest BCUT2D eigenvalue weighted by Crippen LogP contribution is 2.16.